The molecule has 0 aliphatic carbocycles. The number of aromatic carboxylic acids is 1. The van der Waals surface area contributed by atoms with E-state index < -0.39 is 23.5 Å². The Bertz CT molecular complexity index is 730. The lowest BCUT2D eigenvalue weighted by Crippen LogP contribution is -2.13. The number of carboxylic acids is 1. The van der Waals surface area contributed by atoms with Gasteiger partial charge in [-0.15, -0.1) is 0 Å². The first-order valence-corrected chi connectivity index (χ1v) is 6.62. The molecule has 0 radical (unpaired) electrons. The Morgan fingerprint density at radius 1 is 1.26 bits per heavy atom. The summed E-state index contributed by atoms with van der Waals surface area (Å²) in [6.07, 6.45) is -2.08. The maximum Gasteiger partial charge on any atom is 0.433 e. The molecule has 0 saturated heterocycles. The van der Waals surface area contributed by atoms with Crippen molar-refractivity contribution in [2.45, 2.75) is 26.1 Å². The fourth-order valence-electron chi connectivity index (χ4n) is 1.92. The summed E-state index contributed by atoms with van der Waals surface area (Å²) in [4.78, 5) is 18.4. The Morgan fingerprint density at radius 3 is 2.52 bits per heavy atom. The summed E-state index contributed by atoms with van der Waals surface area (Å²) in [6, 6.07) is 3.30. The van der Waals surface area contributed by atoms with Crippen LogP contribution in [-0.4, -0.2) is 27.1 Å². The minimum Gasteiger partial charge on any atom is -0.489 e. The van der Waals surface area contributed by atoms with Gasteiger partial charge in [0.25, 0.3) is 0 Å². The smallest absolute Gasteiger partial charge is 0.433 e. The number of nitrogens with zero attached hydrogens (tertiary/aromatic N) is 2. The molecule has 1 N–H and O–H groups in total. The number of carbonyl (C=O) groups is 1. The quantitative estimate of drug-likeness (QED) is 0.928. The van der Waals surface area contributed by atoms with Gasteiger partial charge in [0.05, 0.1) is 12.3 Å². The van der Waals surface area contributed by atoms with E-state index in [1.165, 1.54) is 18.5 Å². The van der Waals surface area contributed by atoms with Gasteiger partial charge in [-0.1, -0.05) is 0 Å². The van der Waals surface area contributed by atoms with Crippen LogP contribution in [0.1, 0.15) is 30.0 Å². The van der Waals surface area contributed by atoms with E-state index in [9.17, 15) is 18.0 Å². The lowest BCUT2D eigenvalue weighted by atomic mass is 10.0. The number of hydrogen-bond donors (Lipinski definition) is 1. The zero-order valence-electron chi connectivity index (χ0n) is 12.3. The van der Waals surface area contributed by atoms with Crippen LogP contribution in [0.2, 0.25) is 0 Å². The highest BCUT2D eigenvalue weighted by Crippen LogP contribution is 2.31. The Balaban J connectivity index is 2.53. The summed E-state index contributed by atoms with van der Waals surface area (Å²) in [5.74, 6) is -1.17. The predicted molar refractivity (Wildman–Crippen MR) is 75.2 cm³/mol. The van der Waals surface area contributed by atoms with Crippen molar-refractivity contribution in [1.29, 1.82) is 0 Å². The van der Waals surface area contributed by atoms with Gasteiger partial charge in [0.15, 0.2) is 5.69 Å². The first-order chi connectivity index (χ1) is 10.7. The monoisotopic (exact) mass is 326 g/mol. The third kappa shape index (κ3) is 3.97. The Hall–Kier alpha value is -2.64. The minimum absolute atomic E-state index is 0.0345. The zero-order chi connectivity index (χ0) is 17.2. The van der Waals surface area contributed by atoms with Crippen molar-refractivity contribution < 1.29 is 27.8 Å². The molecule has 0 aromatic carbocycles. The van der Waals surface area contributed by atoms with E-state index in [0.29, 0.717) is 11.3 Å². The molecule has 2 aromatic heterocycles. The van der Waals surface area contributed by atoms with Crippen LogP contribution in [-0.2, 0) is 6.18 Å². The molecular formula is C15H13F3N2O3. The molecule has 0 bridgehead atoms. The Morgan fingerprint density at radius 2 is 1.96 bits per heavy atom. The highest BCUT2D eigenvalue weighted by Gasteiger charge is 2.34. The molecule has 2 aromatic rings. The molecule has 0 atom stereocenters. The maximum atomic E-state index is 12.7. The van der Waals surface area contributed by atoms with Gasteiger partial charge in [-0.2, -0.15) is 13.2 Å². The van der Waals surface area contributed by atoms with Gasteiger partial charge in [-0.05, 0) is 32.0 Å². The van der Waals surface area contributed by atoms with Crippen LogP contribution in [0.4, 0.5) is 13.2 Å². The van der Waals surface area contributed by atoms with E-state index >= 15 is 0 Å². The molecule has 0 fully saturated rings. The average molecular weight is 326 g/mol. The second kappa shape index (κ2) is 6.23. The summed E-state index contributed by atoms with van der Waals surface area (Å²) in [7, 11) is 0. The lowest BCUT2D eigenvalue weighted by molar-refractivity contribution is -0.141. The Kier molecular flexibility index (Phi) is 4.53. The third-order valence-electron chi connectivity index (χ3n) is 2.78. The number of hydrogen-bond acceptors (Lipinski definition) is 4. The van der Waals surface area contributed by atoms with Crippen LogP contribution >= 0.6 is 0 Å². The van der Waals surface area contributed by atoms with Gasteiger partial charge >= 0.3 is 12.1 Å². The maximum absolute atomic E-state index is 12.7. The van der Waals surface area contributed by atoms with Crippen molar-refractivity contribution in [1.82, 2.24) is 9.97 Å². The molecule has 2 rings (SSSR count). The molecule has 0 spiro atoms. The molecule has 5 nitrogen and oxygen atoms in total. The summed E-state index contributed by atoms with van der Waals surface area (Å²) >= 11 is 0. The van der Waals surface area contributed by atoms with Crippen LogP contribution in [0.15, 0.2) is 30.6 Å². The van der Waals surface area contributed by atoms with Gasteiger partial charge in [0.1, 0.15) is 11.4 Å². The molecule has 2 heterocycles. The van der Waals surface area contributed by atoms with E-state index in [0.717, 1.165) is 12.1 Å². The van der Waals surface area contributed by atoms with Crippen LogP contribution in [0, 0.1) is 0 Å². The first-order valence-electron chi connectivity index (χ1n) is 6.62. The predicted octanol–water partition coefficient (Wildman–Crippen LogP) is 3.65. The third-order valence-corrected chi connectivity index (χ3v) is 2.78. The number of carboxylic acid groups (broad SMARTS) is 1. The van der Waals surface area contributed by atoms with E-state index in [2.05, 4.69) is 9.97 Å². The first kappa shape index (κ1) is 16.7. The topological polar surface area (TPSA) is 72.3 Å². The SMILES string of the molecule is CC(C)Oc1cncc(-c2ccc(C(F)(F)F)nc2C(=O)O)c1. The minimum atomic E-state index is -4.72. The highest BCUT2D eigenvalue weighted by atomic mass is 19.4. The summed E-state index contributed by atoms with van der Waals surface area (Å²) < 4.78 is 43.5. The molecule has 0 aliphatic rings. The van der Waals surface area contributed by atoms with Crippen LogP contribution in [0.25, 0.3) is 11.1 Å². The summed E-state index contributed by atoms with van der Waals surface area (Å²) in [5.41, 5.74) is -1.61. The number of pyridine rings is 2. The van der Waals surface area contributed by atoms with Gasteiger partial charge in [0.2, 0.25) is 0 Å². The van der Waals surface area contributed by atoms with Crippen molar-refractivity contribution in [3.8, 4) is 16.9 Å². The average Bonchev–Trinajstić information content (AvgIpc) is 2.45. The van der Waals surface area contributed by atoms with Gasteiger partial charge in [-0.3, -0.25) is 4.98 Å². The van der Waals surface area contributed by atoms with Gasteiger partial charge in [-0.25, -0.2) is 9.78 Å². The van der Waals surface area contributed by atoms with Crippen molar-refractivity contribution in [3.05, 3.63) is 42.0 Å². The number of aromatic nitrogens is 2. The molecule has 8 heteroatoms. The van der Waals surface area contributed by atoms with E-state index in [-0.39, 0.29) is 11.7 Å². The highest BCUT2D eigenvalue weighted by molar-refractivity contribution is 5.94. The van der Waals surface area contributed by atoms with Crippen LogP contribution in [0.3, 0.4) is 0 Å². The van der Waals surface area contributed by atoms with Crippen molar-refractivity contribution in [3.63, 3.8) is 0 Å². The lowest BCUT2D eigenvalue weighted by Gasteiger charge is -2.12. The van der Waals surface area contributed by atoms with Gasteiger partial charge < -0.3 is 9.84 Å². The second-order valence-corrected chi connectivity index (χ2v) is 4.97. The molecule has 0 aliphatic heterocycles. The van der Waals surface area contributed by atoms with Gasteiger partial charge in [0, 0.05) is 17.3 Å². The molecule has 0 amide bonds. The van der Waals surface area contributed by atoms with E-state index in [4.69, 9.17) is 9.84 Å². The number of ether oxygens (including phenoxy) is 1. The fourth-order valence-corrected chi connectivity index (χ4v) is 1.92. The normalized spacial score (nSPS) is 11.6. The van der Waals surface area contributed by atoms with Crippen molar-refractivity contribution >= 4 is 5.97 Å². The Labute approximate surface area is 129 Å². The molecule has 0 unspecified atom stereocenters. The van der Waals surface area contributed by atoms with Crippen molar-refractivity contribution in [2.75, 3.05) is 0 Å². The number of halogens is 3. The molecule has 122 valence electrons. The van der Waals surface area contributed by atoms with Crippen LogP contribution < -0.4 is 4.74 Å². The van der Waals surface area contributed by atoms with E-state index in [1.807, 2.05) is 0 Å². The largest absolute Gasteiger partial charge is 0.489 e. The standard InChI is InChI=1S/C15H13F3N2O3/c1-8(2)23-10-5-9(6-19-7-10)11-3-4-12(15(16,17)18)20-13(11)14(21)22/h3-8H,1-2H3,(H,21,22). The molecule has 23 heavy (non-hydrogen) atoms. The van der Waals surface area contributed by atoms with Crippen LogP contribution in [0.5, 0.6) is 5.75 Å². The second-order valence-electron chi connectivity index (χ2n) is 4.97. The zero-order valence-corrected chi connectivity index (χ0v) is 12.3. The molecular weight excluding hydrogens is 313 g/mol. The number of rotatable bonds is 4. The van der Waals surface area contributed by atoms with E-state index in [1.54, 1.807) is 13.8 Å². The summed E-state index contributed by atoms with van der Waals surface area (Å²) in [6.45, 7) is 3.60. The fraction of sp³-hybridized carbons (Fsp3) is 0.267. The molecule has 0 saturated carbocycles. The van der Waals surface area contributed by atoms with Crippen molar-refractivity contribution in [2.24, 2.45) is 0 Å². The summed E-state index contributed by atoms with van der Waals surface area (Å²) in [5, 5.41) is 9.15. The number of alkyl halides is 3.